The van der Waals surface area contributed by atoms with Crippen LogP contribution in [0.2, 0.25) is 5.28 Å². The lowest BCUT2D eigenvalue weighted by Crippen LogP contribution is -2.37. The Balaban J connectivity index is 1.96. The summed E-state index contributed by atoms with van der Waals surface area (Å²) in [4.78, 5) is 28.5. The number of hydrogen-bond acceptors (Lipinski definition) is 4. The Bertz CT molecular complexity index is 1030. The largest absolute Gasteiger partial charge is 0.491 e. The summed E-state index contributed by atoms with van der Waals surface area (Å²) in [5.41, 5.74) is 0.716. The molecule has 0 bridgehead atoms. The Morgan fingerprint density at radius 1 is 1.17 bits per heavy atom. The zero-order chi connectivity index (χ0) is 17.4. The minimum absolute atomic E-state index is 0.150. The lowest BCUT2D eigenvalue weighted by Gasteiger charge is -2.10. The Kier molecular flexibility index (Phi) is 4.19. The molecule has 0 amide bonds. The SMILES string of the molecule is Cc1ccccc1OCCn1c(Cl)nc2c1c(=O)n(C)c(=O)n2C. The summed E-state index contributed by atoms with van der Waals surface area (Å²) in [6, 6.07) is 7.67. The Labute approximate surface area is 142 Å². The zero-order valence-corrected chi connectivity index (χ0v) is 14.4. The van der Waals surface area contributed by atoms with Gasteiger partial charge in [0.1, 0.15) is 12.4 Å². The molecule has 0 atom stereocenters. The summed E-state index contributed by atoms with van der Waals surface area (Å²) in [7, 11) is 2.99. The van der Waals surface area contributed by atoms with Gasteiger partial charge in [-0.2, -0.15) is 4.98 Å². The van der Waals surface area contributed by atoms with Crippen molar-refractivity contribution in [2.24, 2.45) is 14.1 Å². The number of fused-ring (bicyclic) bond motifs is 1. The molecule has 8 heteroatoms. The van der Waals surface area contributed by atoms with Gasteiger partial charge in [-0.1, -0.05) is 18.2 Å². The van der Waals surface area contributed by atoms with E-state index in [0.29, 0.717) is 13.2 Å². The van der Waals surface area contributed by atoms with E-state index in [1.54, 1.807) is 11.6 Å². The van der Waals surface area contributed by atoms with Crippen LogP contribution in [0.5, 0.6) is 5.75 Å². The van der Waals surface area contributed by atoms with Crippen molar-refractivity contribution in [2.75, 3.05) is 6.61 Å². The Morgan fingerprint density at radius 2 is 1.88 bits per heavy atom. The number of imidazole rings is 1. The van der Waals surface area contributed by atoms with E-state index >= 15 is 0 Å². The van der Waals surface area contributed by atoms with Crippen molar-refractivity contribution in [2.45, 2.75) is 13.5 Å². The van der Waals surface area contributed by atoms with Gasteiger partial charge in [-0.05, 0) is 30.2 Å². The van der Waals surface area contributed by atoms with E-state index < -0.39 is 11.2 Å². The van der Waals surface area contributed by atoms with Crippen LogP contribution in [-0.2, 0) is 20.6 Å². The minimum Gasteiger partial charge on any atom is -0.491 e. The lowest BCUT2D eigenvalue weighted by molar-refractivity contribution is 0.298. The first-order valence-corrected chi connectivity index (χ1v) is 7.79. The van der Waals surface area contributed by atoms with Crippen LogP contribution in [-0.4, -0.2) is 25.3 Å². The number of ether oxygens (including phenoxy) is 1. The molecule has 2 aromatic heterocycles. The van der Waals surface area contributed by atoms with Crippen LogP contribution in [0.1, 0.15) is 5.56 Å². The van der Waals surface area contributed by atoms with Gasteiger partial charge >= 0.3 is 5.69 Å². The maximum Gasteiger partial charge on any atom is 0.332 e. The van der Waals surface area contributed by atoms with Crippen molar-refractivity contribution in [1.29, 1.82) is 0 Å². The highest BCUT2D eigenvalue weighted by molar-refractivity contribution is 6.29. The summed E-state index contributed by atoms with van der Waals surface area (Å²) in [6.07, 6.45) is 0. The van der Waals surface area contributed by atoms with Crippen LogP contribution in [0.25, 0.3) is 11.2 Å². The summed E-state index contributed by atoms with van der Waals surface area (Å²) in [5, 5.41) is 0.150. The van der Waals surface area contributed by atoms with E-state index in [1.165, 1.54) is 11.6 Å². The van der Waals surface area contributed by atoms with Crippen LogP contribution in [0.15, 0.2) is 33.9 Å². The average molecular weight is 349 g/mol. The molecule has 0 saturated carbocycles. The summed E-state index contributed by atoms with van der Waals surface area (Å²) < 4.78 is 9.67. The fourth-order valence-electron chi connectivity index (χ4n) is 2.59. The third-order valence-corrected chi connectivity index (χ3v) is 4.26. The second-order valence-corrected chi connectivity index (χ2v) is 5.86. The molecule has 3 rings (SSSR count). The van der Waals surface area contributed by atoms with Crippen LogP contribution in [0.3, 0.4) is 0 Å². The van der Waals surface area contributed by atoms with Crippen molar-refractivity contribution in [3.8, 4) is 5.75 Å². The first-order valence-electron chi connectivity index (χ1n) is 7.42. The molecule has 126 valence electrons. The van der Waals surface area contributed by atoms with Crippen molar-refractivity contribution in [3.63, 3.8) is 0 Å². The van der Waals surface area contributed by atoms with Crippen molar-refractivity contribution < 1.29 is 4.74 Å². The van der Waals surface area contributed by atoms with Crippen LogP contribution in [0, 0.1) is 6.92 Å². The van der Waals surface area contributed by atoms with E-state index in [0.717, 1.165) is 15.9 Å². The van der Waals surface area contributed by atoms with Crippen molar-refractivity contribution >= 4 is 22.8 Å². The number of hydrogen-bond donors (Lipinski definition) is 0. The third-order valence-electron chi connectivity index (χ3n) is 3.97. The highest BCUT2D eigenvalue weighted by Gasteiger charge is 2.17. The second kappa shape index (κ2) is 6.16. The molecule has 0 fully saturated rings. The molecule has 0 spiro atoms. The summed E-state index contributed by atoms with van der Waals surface area (Å²) in [5.74, 6) is 0.776. The molecule has 0 aliphatic heterocycles. The molecule has 1 aromatic carbocycles. The number of benzene rings is 1. The predicted octanol–water partition coefficient (Wildman–Crippen LogP) is 1.47. The fourth-order valence-corrected chi connectivity index (χ4v) is 2.84. The van der Waals surface area contributed by atoms with Gasteiger partial charge in [-0.25, -0.2) is 4.79 Å². The van der Waals surface area contributed by atoms with Crippen LogP contribution in [0.4, 0.5) is 0 Å². The van der Waals surface area contributed by atoms with E-state index in [1.807, 2.05) is 31.2 Å². The molecule has 0 radical (unpaired) electrons. The van der Waals surface area contributed by atoms with Crippen LogP contribution >= 0.6 is 11.6 Å². The molecule has 3 aromatic rings. The smallest absolute Gasteiger partial charge is 0.332 e. The summed E-state index contributed by atoms with van der Waals surface area (Å²) in [6.45, 7) is 2.62. The van der Waals surface area contributed by atoms with Gasteiger partial charge in [0.15, 0.2) is 11.2 Å². The molecule has 0 unspecified atom stereocenters. The lowest BCUT2D eigenvalue weighted by atomic mass is 10.2. The molecule has 0 aliphatic rings. The van der Waals surface area contributed by atoms with Gasteiger partial charge in [0, 0.05) is 14.1 Å². The molecule has 24 heavy (non-hydrogen) atoms. The predicted molar refractivity (Wildman–Crippen MR) is 91.9 cm³/mol. The normalized spacial score (nSPS) is 11.2. The van der Waals surface area contributed by atoms with Gasteiger partial charge in [0.05, 0.1) is 6.54 Å². The van der Waals surface area contributed by atoms with Gasteiger partial charge in [-0.15, -0.1) is 0 Å². The Hall–Kier alpha value is -2.54. The third kappa shape index (κ3) is 2.60. The molecule has 0 N–H and O–H groups in total. The number of nitrogens with zero attached hydrogens (tertiary/aromatic N) is 4. The highest BCUT2D eigenvalue weighted by Crippen LogP contribution is 2.18. The molecular weight excluding hydrogens is 332 g/mol. The topological polar surface area (TPSA) is 71.1 Å². The van der Waals surface area contributed by atoms with Gasteiger partial charge < -0.3 is 9.30 Å². The van der Waals surface area contributed by atoms with E-state index in [9.17, 15) is 9.59 Å². The standard InChI is InChI=1S/C16H17ClN4O3/c1-10-6-4-5-7-11(10)24-9-8-21-12-13(18-15(21)17)19(2)16(23)20(3)14(12)22/h4-7H,8-9H2,1-3H3. The first kappa shape index (κ1) is 16.3. The van der Waals surface area contributed by atoms with E-state index in [2.05, 4.69) is 4.98 Å². The number of para-hydroxylation sites is 1. The van der Waals surface area contributed by atoms with E-state index in [-0.39, 0.29) is 16.4 Å². The number of aryl methyl sites for hydroxylation is 2. The van der Waals surface area contributed by atoms with Crippen molar-refractivity contribution in [1.82, 2.24) is 18.7 Å². The monoisotopic (exact) mass is 348 g/mol. The summed E-state index contributed by atoms with van der Waals surface area (Å²) >= 11 is 6.16. The number of aromatic nitrogens is 4. The average Bonchev–Trinajstić information content (AvgIpc) is 2.90. The van der Waals surface area contributed by atoms with Gasteiger partial charge in [-0.3, -0.25) is 13.9 Å². The first-order chi connectivity index (χ1) is 11.4. The van der Waals surface area contributed by atoms with Gasteiger partial charge in [0.25, 0.3) is 5.56 Å². The molecular formula is C16H17ClN4O3. The molecule has 2 heterocycles. The van der Waals surface area contributed by atoms with Gasteiger partial charge in [0.2, 0.25) is 5.28 Å². The molecule has 0 aliphatic carbocycles. The number of halogens is 1. The highest BCUT2D eigenvalue weighted by atomic mass is 35.5. The van der Waals surface area contributed by atoms with Crippen LogP contribution < -0.4 is 16.0 Å². The van der Waals surface area contributed by atoms with E-state index in [4.69, 9.17) is 16.3 Å². The number of rotatable bonds is 4. The second-order valence-electron chi connectivity index (χ2n) is 5.52. The molecule has 0 saturated heterocycles. The quantitative estimate of drug-likeness (QED) is 0.669. The minimum atomic E-state index is -0.440. The molecule has 7 nitrogen and oxygen atoms in total. The van der Waals surface area contributed by atoms with Crippen molar-refractivity contribution in [3.05, 3.63) is 56.0 Å². The maximum absolute atomic E-state index is 12.4. The Morgan fingerprint density at radius 3 is 2.58 bits per heavy atom. The maximum atomic E-state index is 12.4. The zero-order valence-electron chi connectivity index (χ0n) is 13.6. The fraction of sp³-hybridized carbons (Fsp3) is 0.312.